The number of benzene rings is 2. The Labute approximate surface area is 159 Å². The Morgan fingerprint density at radius 2 is 1.77 bits per heavy atom. The van der Waals surface area contributed by atoms with E-state index < -0.39 is 10.8 Å². The van der Waals surface area contributed by atoms with E-state index in [-0.39, 0.29) is 40.6 Å². The van der Waals surface area contributed by atoms with Crippen LogP contribution in [0, 0.1) is 10.1 Å². The Bertz CT molecular complexity index is 870. The van der Waals surface area contributed by atoms with Gasteiger partial charge in [0, 0.05) is 29.0 Å². The van der Waals surface area contributed by atoms with Crippen LogP contribution >= 0.6 is 23.2 Å². The van der Waals surface area contributed by atoms with Crippen molar-refractivity contribution in [1.82, 2.24) is 0 Å². The summed E-state index contributed by atoms with van der Waals surface area (Å²) in [5, 5.41) is 14.0. The molecule has 2 aromatic rings. The van der Waals surface area contributed by atoms with Crippen molar-refractivity contribution in [2.24, 2.45) is 0 Å². The molecule has 0 saturated heterocycles. The summed E-state index contributed by atoms with van der Waals surface area (Å²) in [5.74, 6) is -0.511. The van der Waals surface area contributed by atoms with Crippen molar-refractivity contribution in [3.05, 3.63) is 62.1 Å². The Balaban J connectivity index is 2.05. The molecule has 0 aliphatic rings. The fourth-order valence-corrected chi connectivity index (χ4v) is 2.57. The zero-order chi connectivity index (χ0) is 19.3. The zero-order valence-corrected chi connectivity index (χ0v) is 15.1. The first-order valence-electron chi connectivity index (χ1n) is 7.42. The first-order chi connectivity index (χ1) is 12.3. The highest BCUT2D eigenvalue weighted by Crippen LogP contribution is 2.28. The molecule has 26 heavy (non-hydrogen) atoms. The molecule has 2 aromatic carbocycles. The minimum absolute atomic E-state index is 0.0113. The van der Waals surface area contributed by atoms with Gasteiger partial charge in [-0.05, 0) is 30.3 Å². The van der Waals surface area contributed by atoms with Crippen molar-refractivity contribution < 1.29 is 19.2 Å². The number of rotatable bonds is 7. The predicted octanol–water partition coefficient (Wildman–Crippen LogP) is 4.51. The maximum atomic E-state index is 12.3. The lowest BCUT2D eigenvalue weighted by Crippen LogP contribution is -2.14. The van der Waals surface area contributed by atoms with Crippen molar-refractivity contribution in [2.45, 2.75) is 12.8 Å². The first kappa shape index (κ1) is 19.7. The van der Waals surface area contributed by atoms with E-state index in [2.05, 4.69) is 5.32 Å². The fraction of sp³-hybridized carbons (Fsp3) is 0.176. The third-order valence-corrected chi connectivity index (χ3v) is 3.94. The van der Waals surface area contributed by atoms with E-state index >= 15 is 0 Å². The molecule has 7 nitrogen and oxygen atoms in total. The highest BCUT2D eigenvalue weighted by Gasteiger charge is 2.18. The van der Waals surface area contributed by atoms with Crippen LogP contribution in [0.4, 0.5) is 11.4 Å². The second-order valence-corrected chi connectivity index (χ2v) is 6.11. The van der Waals surface area contributed by atoms with Crippen LogP contribution in [0.1, 0.15) is 23.2 Å². The van der Waals surface area contributed by atoms with E-state index in [0.717, 1.165) is 6.07 Å². The number of hydrogen-bond acceptors (Lipinski definition) is 5. The third-order valence-electron chi connectivity index (χ3n) is 3.47. The highest BCUT2D eigenvalue weighted by molar-refractivity contribution is 6.31. The zero-order valence-electron chi connectivity index (χ0n) is 13.6. The van der Waals surface area contributed by atoms with Gasteiger partial charge in [0.1, 0.15) is 11.4 Å². The van der Waals surface area contributed by atoms with Gasteiger partial charge in [-0.3, -0.25) is 19.7 Å². The number of hydrogen-bond donors (Lipinski definition) is 1. The van der Waals surface area contributed by atoms with Crippen molar-refractivity contribution in [2.75, 3.05) is 12.4 Å². The molecule has 0 heterocycles. The maximum Gasteiger partial charge on any atom is 0.294 e. The molecule has 136 valence electrons. The van der Waals surface area contributed by atoms with E-state index in [9.17, 15) is 19.7 Å². The maximum absolute atomic E-state index is 12.3. The van der Waals surface area contributed by atoms with Crippen LogP contribution in [0.3, 0.4) is 0 Å². The molecule has 0 aromatic heterocycles. The molecule has 2 rings (SSSR count). The number of nitrogens with zero attached hydrogens (tertiary/aromatic N) is 1. The monoisotopic (exact) mass is 396 g/mol. The number of halogens is 2. The van der Waals surface area contributed by atoms with Crippen LogP contribution in [0.15, 0.2) is 36.4 Å². The number of anilines is 1. The van der Waals surface area contributed by atoms with E-state index in [1.54, 1.807) is 12.1 Å². The van der Waals surface area contributed by atoms with Crippen molar-refractivity contribution in [3.63, 3.8) is 0 Å². The molecule has 0 aliphatic heterocycles. The van der Waals surface area contributed by atoms with Gasteiger partial charge in [-0.25, -0.2) is 0 Å². The van der Waals surface area contributed by atoms with Crippen LogP contribution < -0.4 is 10.1 Å². The summed E-state index contributed by atoms with van der Waals surface area (Å²) in [6.45, 7) is 0. The summed E-state index contributed by atoms with van der Waals surface area (Å²) < 4.78 is 5.11. The van der Waals surface area contributed by atoms with Crippen molar-refractivity contribution >= 4 is 46.3 Å². The Morgan fingerprint density at radius 1 is 1.12 bits per heavy atom. The van der Waals surface area contributed by atoms with Crippen molar-refractivity contribution in [1.29, 1.82) is 0 Å². The smallest absolute Gasteiger partial charge is 0.294 e. The summed E-state index contributed by atoms with van der Waals surface area (Å²) in [5.41, 5.74) is -0.0452. The molecule has 0 unspecified atom stereocenters. The molecule has 0 spiro atoms. The van der Waals surface area contributed by atoms with E-state index in [1.807, 2.05) is 0 Å². The van der Waals surface area contributed by atoms with Gasteiger partial charge in [0.2, 0.25) is 5.91 Å². The number of ether oxygens (including phenoxy) is 1. The minimum atomic E-state index is -0.649. The second-order valence-electron chi connectivity index (χ2n) is 5.23. The quantitative estimate of drug-likeness (QED) is 0.421. The number of methoxy groups -OCH3 is 1. The van der Waals surface area contributed by atoms with E-state index in [4.69, 9.17) is 27.9 Å². The van der Waals surface area contributed by atoms with Crippen molar-refractivity contribution in [3.8, 4) is 5.75 Å². The lowest BCUT2D eigenvalue weighted by molar-refractivity contribution is -0.383. The van der Waals surface area contributed by atoms with Crippen LogP contribution in [-0.2, 0) is 4.79 Å². The minimum Gasteiger partial charge on any atom is -0.496 e. The van der Waals surface area contributed by atoms with Crippen LogP contribution in [0.25, 0.3) is 0 Å². The van der Waals surface area contributed by atoms with Gasteiger partial charge >= 0.3 is 0 Å². The summed E-state index contributed by atoms with van der Waals surface area (Å²) in [7, 11) is 1.42. The fourth-order valence-electron chi connectivity index (χ4n) is 2.23. The van der Waals surface area contributed by atoms with Crippen LogP contribution in [0.2, 0.25) is 10.0 Å². The number of amides is 1. The van der Waals surface area contributed by atoms with Gasteiger partial charge in [-0.2, -0.15) is 0 Å². The average Bonchev–Trinajstić information content (AvgIpc) is 2.61. The first-order valence-corrected chi connectivity index (χ1v) is 8.18. The molecule has 0 fully saturated rings. The molecule has 0 bridgehead atoms. The van der Waals surface area contributed by atoms with E-state index in [1.165, 1.54) is 25.3 Å². The molecule has 1 N–H and O–H groups in total. The largest absolute Gasteiger partial charge is 0.496 e. The second kappa shape index (κ2) is 8.64. The summed E-state index contributed by atoms with van der Waals surface area (Å²) >= 11 is 11.6. The number of nitro groups is 1. The predicted molar refractivity (Wildman–Crippen MR) is 98.3 cm³/mol. The number of nitrogens with one attached hydrogen (secondary N) is 1. The normalized spacial score (nSPS) is 10.3. The van der Waals surface area contributed by atoms with Crippen LogP contribution in [-0.4, -0.2) is 23.7 Å². The number of ketones is 1. The number of Topliss-reactive ketones (excluding diaryl/α,β-unsaturated/α-hetero) is 1. The summed E-state index contributed by atoms with van der Waals surface area (Å²) in [4.78, 5) is 34.7. The lowest BCUT2D eigenvalue weighted by Gasteiger charge is -2.09. The Morgan fingerprint density at radius 3 is 2.42 bits per heavy atom. The van der Waals surface area contributed by atoms with Gasteiger partial charge in [-0.1, -0.05) is 23.2 Å². The number of carbonyl (C=O) groups excluding carboxylic acids is 2. The molecule has 0 saturated carbocycles. The highest BCUT2D eigenvalue weighted by atomic mass is 35.5. The topological polar surface area (TPSA) is 98.5 Å². The molecular formula is C17H14Cl2N2O5. The number of nitro benzene ring substituents is 1. The average molecular weight is 397 g/mol. The standard InChI is InChI=1S/C17H14Cl2N2O5/c1-26-16-6-3-10(18)8-12(16)15(22)5-7-17(23)20-13-4-2-11(19)9-14(13)21(24)25/h2-4,6,8-9H,5,7H2,1H3,(H,20,23). The lowest BCUT2D eigenvalue weighted by atomic mass is 10.1. The molecule has 0 atom stereocenters. The van der Waals surface area contributed by atoms with Crippen LogP contribution in [0.5, 0.6) is 5.75 Å². The summed E-state index contributed by atoms with van der Waals surface area (Å²) in [6.07, 6.45) is -0.266. The van der Waals surface area contributed by atoms with E-state index in [0.29, 0.717) is 10.8 Å². The van der Waals surface area contributed by atoms with Gasteiger partial charge in [-0.15, -0.1) is 0 Å². The van der Waals surface area contributed by atoms with Gasteiger partial charge in [0.05, 0.1) is 17.6 Å². The SMILES string of the molecule is COc1ccc(Cl)cc1C(=O)CCC(=O)Nc1ccc(Cl)cc1[N+](=O)[O-]. The molecular weight excluding hydrogens is 383 g/mol. The van der Waals surface area contributed by atoms with Gasteiger partial charge in [0.25, 0.3) is 5.69 Å². The van der Waals surface area contributed by atoms with Gasteiger partial charge in [0.15, 0.2) is 5.78 Å². The molecule has 0 aliphatic carbocycles. The Kier molecular flexibility index (Phi) is 6.54. The molecule has 1 amide bonds. The number of carbonyl (C=O) groups is 2. The third kappa shape index (κ3) is 4.93. The van der Waals surface area contributed by atoms with Gasteiger partial charge < -0.3 is 10.1 Å². The Hall–Kier alpha value is -2.64. The summed E-state index contributed by atoms with van der Waals surface area (Å²) in [6, 6.07) is 8.51. The molecule has 9 heteroatoms. The molecule has 0 radical (unpaired) electrons.